The highest BCUT2D eigenvalue weighted by atomic mass is 19.1. The Morgan fingerprint density at radius 1 is 1.13 bits per heavy atom. The Kier molecular flexibility index (Phi) is 6.59. The molecule has 2 unspecified atom stereocenters. The van der Waals surface area contributed by atoms with Crippen molar-refractivity contribution in [1.29, 1.82) is 5.26 Å². The van der Waals surface area contributed by atoms with Crippen LogP contribution in [0.3, 0.4) is 0 Å². The van der Waals surface area contributed by atoms with Crippen molar-refractivity contribution >= 4 is 27.5 Å². The number of nitrogens with one attached hydrogen (secondary N) is 1. The van der Waals surface area contributed by atoms with Crippen LogP contribution in [0.4, 0.5) is 10.2 Å². The maximum absolute atomic E-state index is 17.2. The fourth-order valence-electron chi connectivity index (χ4n) is 8.39. The third-order valence-corrected chi connectivity index (χ3v) is 10.9. The van der Waals surface area contributed by atoms with Gasteiger partial charge in [0.1, 0.15) is 17.1 Å². The first-order valence-corrected chi connectivity index (χ1v) is 16.6. The van der Waals surface area contributed by atoms with Gasteiger partial charge >= 0.3 is 6.01 Å². The number of piperazine rings is 1. The van der Waals surface area contributed by atoms with E-state index in [4.69, 9.17) is 25.9 Å². The summed E-state index contributed by atoms with van der Waals surface area (Å²) in [5, 5.41) is 26.4. The fraction of sp³-hybridized carbons (Fsp3) is 0.432. The molecule has 1 saturated carbocycles. The average molecular weight is 631 g/mol. The predicted molar refractivity (Wildman–Crippen MR) is 176 cm³/mol. The van der Waals surface area contributed by atoms with Crippen molar-refractivity contribution in [2.45, 2.75) is 56.3 Å². The maximum atomic E-state index is 17.2. The Morgan fingerprint density at radius 2 is 1.96 bits per heavy atom. The van der Waals surface area contributed by atoms with E-state index in [1.165, 1.54) is 6.07 Å². The molecule has 5 heterocycles. The van der Waals surface area contributed by atoms with Gasteiger partial charge in [-0.3, -0.25) is 4.90 Å². The highest BCUT2D eigenvalue weighted by molar-refractivity contribution is 6.05. The van der Waals surface area contributed by atoms with Crippen molar-refractivity contribution in [3.05, 3.63) is 53.3 Å². The minimum atomic E-state index is -0.668. The molecule has 1 aliphatic carbocycles. The standard InChI is InChI=1S/C37H35FN6O3/c1-2-21-4-3-5-22-10-27(45)13-29(31(21)22)32-23(14-39)11-30-34(33(32)38)41-36(42-35(30)43-15-24-6-7-25(16-43)40-24)47-20-37(8-9-37)19-44-17-28-12-26(44)18-46-28/h1,3-5,10-11,13,24-26,28,40,45H,6-9,12,15-20H2/t24?,25?,26-,28-/m0/s1. The van der Waals surface area contributed by atoms with Crippen molar-refractivity contribution < 1.29 is 19.0 Å². The molecule has 1 aromatic heterocycles. The Morgan fingerprint density at radius 3 is 2.66 bits per heavy atom. The van der Waals surface area contributed by atoms with Gasteiger partial charge in [0.05, 0.1) is 31.0 Å². The van der Waals surface area contributed by atoms with Crippen LogP contribution >= 0.6 is 0 Å². The van der Waals surface area contributed by atoms with Crippen LogP contribution in [0.15, 0.2) is 36.4 Å². The zero-order valence-electron chi connectivity index (χ0n) is 26.0. The molecule has 4 bridgehead atoms. The number of fused-ring (bicyclic) bond motifs is 6. The number of likely N-dealkylation sites (tertiary alicyclic amines) is 1. The quantitative estimate of drug-likeness (QED) is 0.281. The number of nitrogens with zero attached hydrogens (tertiary/aromatic N) is 5. The van der Waals surface area contributed by atoms with Gasteiger partial charge in [0.2, 0.25) is 0 Å². The van der Waals surface area contributed by atoms with Crippen LogP contribution in [-0.4, -0.2) is 83.6 Å². The fourth-order valence-corrected chi connectivity index (χ4v) is 8.39. The number of aromatic nitrogens is 2. The lowest BCUT2D eigenvalue weighted by Gasteiger charge is -2.34. The lowest BCUT2D eigenvalue weighted by atomic mass is 9.90. The summed E-state index contributed by atoms with van der Waals surface area (Å²) in [4.78, 5) is 14.3. The summed E-state index contributed by atoms with van der Waals surface area (Å²) >= 11 is 0. The summed E-state index contributed by atoms with van der Waals surface area (Å²) in [6, 6.07) is 13.6. The summed E-state index contributed by atoms with van der Waals surface area (Å²) in [6.45, 7) is 4.61. The normalized spacial score (nSPS) is 25.7. The second kappa shape index (κ2) is 10.8. The average Bonchev–Trinajstić information content (AvgIpc) is 3.34. The maximum Gasteiger partial charge on any atom is 0.319 e. The second-order valence-electron chi connectivity index (χ2n) is 14.1. The first-order valence-electron chi connectivity index (χ1n) is 16.6. The molecule has 9 rings (SSSR count). The zero-order valence-corrected chi connectivity index (χ0v) is 26.0. The molecule has 238 valence electrons. The van der Waals surface area contributed by atoms with Gasteiger partial charge in [-0.2, -0.15) is 15.2 Å². The summed E-state index contributed by atoms with van der Waals surface area (Å²) in [7, 11) is 0. The summed E-state index contributed by atoms with van der Waals surface area (Å²) in [5.41, 5.74) is 1.15. The number of aromatic hydroxyl groups is 1. The molecule has 47 heavy (non-hydrogen) atoms. The van der Waals surface area contributed by atoms with Crippen LogP contribution in [-0.2, 0) is 4.74 Å². The number of halogens is 1. The molecule has 4 aliphatic heterocycles. The van der Waals surface area contributed by atoms with E-state index in [1.807, 2.05) is 6.07 Å². The minimum Gasteiger partial charge on any atom is -0.508 e. The smallest absolute Gasteiger partial charge is 0.319 e. The van der Waals surface area contributed by atoms with E-state index in [1.54, 1.807) is 24.3 Å². The highest BCUT2D eigenvalue weighted by Crippen LogP contribution is 2.48. The third-order valence-electron chi connectivity index (χ3n) is 10.9. The van der Waals surface area contributed by atoms with Gasteiger partial charge in [-0.05, 0) is 67.3 Å². The monoisotopic (exact) mass is 630 g/mol. The number of morpholine rings is 1. The number of terminal acetylenes is 1. The number of nitriles is 1. The molecule has 2 N–H and O–H groups in total. The van der Waals surface area contributed by atoms with E-state index in [-0.39, 0.29) is 33.8 Å². The van der Waals surface area contributed by atoms with Gasteiger partial charge in [0.25, 0.3) is 0 Å². The molecule has 0 amide bonds. The first-order chi connectivity index (χ1) is 22.9. The molecular formula is C37H35FN6O3. The molecule has 5 aliphatic rings. The van der Waals surface area contributed by atoms with Crippen molar-refractivity contribution in [3.63, 3.8) is 0 Å². The highest BCUT2D eigenvalue weighted by Gasteiger charge is 2.49. The molecule has 3 aromatic carbocycles. The van der Waals surface area contributed by atoms with E-state index >= 15 is 4.39 Å². The molecular weight excluding hydrogens is 595 g/mol. The topological polar surface area (TPSA) is 107 Å². The summed E-state index contributed by atoms with van der Waals surface area (Å²) in [5.74, 6) is 2.54. The van der Waals surface area contributed by atoms with Crippen LogP contribution in [0.1, 0.15) is 43.2 Å². The number of phenols is 1. The first kappa shape index (κ1) is 28.7. The Hall–Kier alpha value is -4.48. The largest absolute Gasteiger partial charge is 0.508 e. The van der Waals surface area contributed by atoms with Gasteiger partial charge in [-0.15, -0.1) is 6.42 Å². The SMILES string of the molecule is C#Cc1cccc2cc(O)cc(-c3c(C#N)cc4c(N5CC6CCC(C5)N6)nc(OCC5(CN6C[C@@H]7C[C@H]6CO7)CC5)nc4c3F)c12. The van der Waals surface area contributed by atoms with Crippen LogP contribution in [0.25, 0.3) is 32.8 Å². The molecule has 4 saturated heterocycles. The minimum absolute atomic E-state index is 0.0254. The van der Waals surface area contributed by atoms with E-state index < -0.39 is 5.82 Å². The number of ether oxygens (including phenoxy) is 2. The van der Waals surface area contributed by atoms with Gasteiger partial charge in [0, 0.05) is 71.6 Å². The third kappa shape index (κ3) is 4.86. The number of hydrogen-bond acceptors (Lipinski definition) is 9. The van der Waals surface area contributed by atoms with E-state index in [9.17, 15) is 10.4 Å². The van der Waals surface area contributed by atoms with Crippen molar-refractivity contribution in [1.82, 2.24) is 20.2 Å². The lowest BCUT2D eigenvalue weighted by Crippen LogP contribution is -2.51. The predicted octanol–water partition coefficient (Wildman–Crippen LogP) is 4.72. The zero-order chi connectivity index (χ0) is 31.9. The van der Waals surface area contributed by atoms with Crippen molar-refractivity contribution in [2.75, 3.05) is 44.3 Å². The molecule has 10 heteroatoms. The summed E-state index contributed by atoms with van der Waals surface area (Å²) < 4.78 is 29.4. The van der Waals surface area contributed by atoms with Gasteiger partial charge < -0.3 is 24.8 Å². The van der Waals surface area contributed by atoms with E-state index in [0.717, 1.165) is 64.9 Å². The second-order valence-corrected chi connectivity index (χ2v) is 14.1. The Bertz CT molecular complexity index is 2020. The number of phenolic OH excluding ortho intramolecular Hbond substituents is 1. The van der Waals surface area contributed by atoms with Gasteiger partial charge in [-0.25, -0.2) is 4.39 Å². The van der Waals surface area contributed by atoms with E-state index in [2.05, 4.69) is 27.1 Å². The number of rotatable bonds is 7. The van der Waals surface area contributed by atoms with Crippen LogP contribution in [0.5, 0.6) is 11.8 Å². The Balaban J connectivity index is 1.16. The van der Waals surface area contributed by atoms with E-state index in [0.29, 0.717) is 63.9 Å². The van der Waals surface area contributed by atoms with Crippen molar-refractivity contribution in [2.24, 2.45) is 5.41 Å². The summed E-state index contributed by atoms with van der Waals surface area (Å²) in [6.07, 6.45) is 11.6. The molecule has 0 spiro atoms. The lowest BCUT2D eigenvalue weighted by molar-refractivity contribution is 0.0176. The van der Waals surface area contributed by atoms with Crippen molar-refractivity contribution in [3.8, 4) is 41.3 Å². The molecule has 0 radical (unpaired) electrons. The number of benzene rings is 3. The van der Waals surface area contributed by atoms with Crippen LogP contribution < -0.4 is 15.0 Å². The Labute approximate surface area is 272 Å². The van der Waals surface area contributed by atoms with Crippen LogP contribution in [0.2, 0.25) is 0 Å². The number of anilines is 1. The molecule has 5 fully saturated rings. The molecule has 4 aromatic rings. The van der Waals surface area contributed by atoms with Gasteiger partial charge in [0.15, 0.2) is 5.82 Å². The number of hydrogen-bond donors (Lipinski definition) is 2. The van der Waals surface area contributed by atoms with Gasteiger partial charge in [-0.1, -0.05) is 18.1 Å². The van der Waals surface area contributed by atoms with Crippen LogP contribution in [0, 0.1) is 34.9 Å². The molecule has 9 nitrogen and oxygen atoms in total. The molecule has 4 atom stereocenters.